The van der Waals surface area contributed by atoms with Gasteiger partial charge in [0.25, 0.3) is 5.91 Å². The van der Waals surface area contributed by atoms with Gasteiger partial charge in [-0.1, -0.05) is 15.9 Å². The summed E-state index contributed by atoms with van der Waals surface area (Å²) in [6.07, 6.45) is 6.46. The lowest BCUT2D eigenvalue weighted by Gasteiger charge is -2.11. The first kappa shape index (κ1) is 17.0. The maximum atomic E-state index is 11.7. The lowest BCUT2D eigenvalue weighted by atomic mass is 10.1. The van der Waals surface area contributed by atoms with E-state index in [1.807, 2.05) is 32.0 Å². The molecule has 0 aliphatic rings. The molecule has 0 bridgehead atoms. The standard InChI is InChI=1S/C17H17BrN2O3/c1-12-9-14(18)10-13(2)17(12)23-11-16(21)20-19-7-3-5-15-6-4-8-22-15/h3-10H,11H2,1-2H3,(H,20,21)/b5-3+,19-7+. The van der Waals surface area contributed by atoms with Gasteiger partial charge in [0.05, 0.1) is 6.26 Å². The smallest absolute Gasteiger partial charge is 0.277 e. The van der Waals surface area contributed by atoms with Gasteiger partial charge in [-0.25, -0.2) is 5.43 Å². The number of carbonyl (C=O) groups excluding carboxylic acids is 1. The Labute approximate surface area is 143 Å². The third-order valence-electron chi connectivity index (χ3n) is 2.93. The second-order valence-corrected chi connectivity index (χ2v) is 5.76. The SMILES string of the molecule is Cc1cc(Br)cc(C)c1OCC(=O)N/N=C/C=C/c1ccco1. The minimum Gasteiger partial charge on any atom is -0.483 e. The van der Waals surface area contributed by atoms with Crippen molar-refractivity contribution in [1.29, 1.82) is 0 Å². The third-order valence-corrected chi connectivity index (χ3v) is 3.38. The van der Waals surface area contributed by atoms with Crippen LogP contribution in [-0.4, -0.2) is 18.7 Å². The topological polar surface area (TPSA) is 63.8 Å². The molecule has 0 aliphatic heterocycles. The predicted octanol–water partition coefficient (Wildman–Crippen LogP) is 3.85. The van der Waals surface area contributed by atoms with Crippen LogP contribution in [0.5, 0.6) is 5.75 Å². The minimum atomic E-state index is -0.325. The van der Waals surface area contributed by atoms with Crippen molar-refractivity contribution in [2.75, 3.05) is 6.61 Å². The van der Waals surface area contributed by atoms with Gasteiger partial charge in [0.2, 0.25) is 0 Å². The second kappa shape index (κ2) is 8.33. The molecule has 2 aromatic rings. The average molecular weight is 377 g/mol. The van der Waals surface area contributed by atoms with Crippen LogP contribution in [0.1, 0.15) is 16.9 Å². The Kier molecular flexibility index (Phi) is 6.17. The molecule has 1 N–H and O–H groups in total. The zero-order valence-electron chi connectivity index (χ0n) is 12.9. The number of hydrazone groups is 1. The Morgan fingerprint density at radius 3 is 2.78 bits per heavy atom. The number of carbonyl (C=O) groups is 1. The summed E-state index contributed by atoms with van der Waals surface area (Å²) in [5.41, 5.74) is 4.33. The van der Waals surface area contributed by atoms with E-state index in [4.69, 9.17) is 9.15 Å². The minimum absolute atomic E-state index is 0.0947. The maximum Gasteiger partial charge on any atom is 0.277 e. The summed E-state index contributed by atoms with van der Waals surface area (Å²) in [7, 11) is 0. The van der Waals surface area contributed by atoms with E-state index in [9.17, 15) is 4.79 Å². The largest absolute Gasteiger partial charge is 0.483 e. The van der Waals surface area contributed by atoms with E-state index >= 15 is 0 Å². The van der Waals surface area contributed by atoms with Gasteiger partial charge in [0.1, 0.15) is 11.5 Å². The molecule has 5 nitrogen and oxygen atoms in total. The predicted molar refractivity (Wildman–Crippen MR) is 93.5 cm³/mol. The molecule has 1 amide bonds. The quantitative estimate of drug-likeness (QED) is 0.614. The van der Waals surface area contributed by atoms with E-state index in [-0.39, 0.29) is 12.5 Å². The molecule has 1 aromatic carbocycles. The van der Waals surface area contributed by atoms with Crippen LogP contribution in [0, 0.1) is 13.8 Å². The Morgan fingerprint density at radius 2 is 2.13 bits per heavy atom. The molecule has 1 heterocycles. The molecule has 2 rings (SSSR count). The van der Waals surface area contributed by atoms with Gasteiger partial charge in [-0.3, -0.25) is 4.79 Å². The number of halogens is 1. The highest BCUT2D eigenvalue weighted by atomic mass is 79.9. The normalized spacial score (nSPS) is 11.3. The van der Waals surface area contributed by atoms with E-state index in [0.29, 0.717) is 11.5 Å². The molecule has 23 heavy (non-hydrogen) atoms. The van der Waals surface area contributed by atoms with Crippen LogP contribution < -0.4 is 10.2 Å². The zero-order valence-corrected chi connectivity index (χ0v) is 14.5. The number of rotatable bonds is 6. The molecule has 1 aromatic heterocycles. The van der Waals surface area contributed by atoms with Crippen LogP contribution in [0.15, 0.2) is 50.6 Å². The van der Waals surface area contributed by atoms with Gasteiger partial charge >= 0.3 is 0 Å². The zero-order chi connectivity index (χ0) is 16.7. The Hall–Kier alpha value is -2.34. The van der Waals surface area contributed by atoms with E-state index in [1.165, 1.54) is 6.21 Å². The molecule has 0 atom stereocenters. The fourth-order valence-electron chi connectivity index (χ4n) is 1.97. The third kappa shape index (κ3) is 5.41. The van der Waals surface area contributed by atoms with Gasteiger partial charge in [-0.05, 0) is 61.4 Å². The summed E-state index contributed by atoms with van der Waals surface area (Å²) < 4.78 is 11.7. The van der Waals surface area contributed by atoms with Crippen molar-refractivity contribution >= 4 is 34.1 Å². The van der Waals surface area contributed by atoms with Gasteiger partial charge in [0, 0.05) is 10.7 Å². The summed E-state index contributed by atoms with van der Waals surface area (Å²) in [5, 5.41) is 3.80. The molecular formula is C17H17BrN2O3. The van der Waals surface area contributed by atoms with Crippen LogP contribution in [-0.2, 0) is 4.79 Å². The van der Waals surface area contributed by atoms with E-state index in [2.05, 4.69) is 26.5 Å². The van der Waals surface area contributed by atoms with Gasteiger partial charge < -0.3 is 9.15 Å². The molecule has 0 spiro atoms. The van der Waals surface area contributed by atoms with Crippen molar-refractivity contribution < 1.29 is 13.9 Å². The van der Waals surface area contributed by atoms with Crippen LogP contribution in [0.25, 0.3) is 6.08 Å². The lowest BCUT2D eigenvalue weighted by Crippen LogP contribution is -2.24. The molecule has 0 fully saturated rings. The van der Waals surface area contributed by atoms with Crippen molar-refractivity contribution in [2.45, 2.75) is 13.8 Å². The fraction of sp³-hybridized carbons (Fsp3) is 0.176. The molecule has 0 saturated heterocycles. The summed E-state index contributed by atoms with van der Waals surface area (Å²) in [4.78, 5) is 11.7. The van der Waals surface area contributed by atoms with Crippen molar-refractivity contribution in [3.8, 4) is 5.75 Å². The van der Waals surface area contributed by atoms with Crippen molar-refractivity contribution in [1.82, 2.24) is 5.43 Å². The second-order valence-electron chi connectivity index (χ2n) is 4.85. The molecular weight excluding hydrogens is 360 g/mol. The first-order valence-corrected chi connectivity index (χ1v) is 7.77. The highest BCUT2D eigenvalue weighted by Crippen LogP contribution is 2.27. The van der Waals surface area contributed by atoms with Gasteiger partial charge in [0.15, 0.2) is 6.61 Å². The first-order chi connectivity index (χ1) is 11.1. The molecule has 0 aliphatic carbocycles. The number of hydrogen-bond acceptors (Lipinski definition) is 4. The average Bonchev–Trinajstić information content (AvgIpc) is 2.99. The number of furan rings is 1. The number of nitrogens with one attached hydrogen (secondary N) is 1. The van der Waals surface area contributed by atoms with E-state index < -0.39 is 0 Å². The Morgan fingerprint density at radius 1 is 1.39 bits per heavy atom. The molecule has 120 valence electrons. The summed E-state index contributed by atoms with van der Waals surface area (Å²) >= 11 is 3.42. The number of hydrogen-bond donors (Lipinski definition) is 1. The highest BCUT2D eigenvalue weighted by molar-refractivity contribution is 9.10. The molecule has 0 radical (unpaired) electrons. The number of nitrogens with zero attached hydrogens (tertiary/aromatic N) is 1. The van der Waals surface area contributed by atoms with Crippen molar-refractivity contribution in [3.05, 3.63) is 58.0 Å². The Balaban J connectivity index is 1.79. The van der Waals surface area contributed by atoms with Crippen molar-refractivity contribution in [2.24, 2.45) is 5.10 Å². The van der Waals surface area contributed by atoms with Crippen LogP contribution in [0.3, 0.4) is 0 Å². The van der Waals surface area contributed by atoms with Gasteiger partial charge in [-0.2, -0.15) is 5.10 Å². The van der Waals surface area contributed by atoms with Gasteiger partial charge in [-0.15, -0.1) is 0 Å². The summed E-state index contributed by atoms with van der Waals surface area (Å²) in [6.45, 7) is 3.77. The monoisotopic (exact) mass is 376 g/mol. The highest BCUT2D eigenvalue weighted by Gasteiger charge is 2.08. The molecule has 6 heteroatoms. The number of amides is 1. The van der Waals surface area contributed by atoms with Crippen molar-refractivity contribution in [3.63, 3.8) is 0 Å². The number of ether oxygens (including phenoxy) is 1. The summed E-state index contributed by atoms with van der Waals surface area (Å²) in [5.74, 6) is 1.10. The molecule has 0 unspecified atom stereocenters. The number of allylic oxidation sites excluding steroid dienone is 1. The number of benzene rings is 1. The number of aryl methyl sites for hydroxylation is 2. The Bertz CT molecular complexity index is 698. The molecule has 0 saturated carbocycles. The van der Waals surface area contributed by atoms with E-state index in [0.717, 1.165) is 15.6 Å². The maximum absolute atomic E-state index is 11.7. The van der Waals surface area contributed by atoms with E-state index in [1.54, 1.807) is 24.5 Å². The lowest BCUT2D eigenvalue weighted by molar-refractivity contribution is -0.123. The summed E-state index contributed by atoms with van der Waals surface area (Å²) in [6, 6.07) is 7.50. The van der Waals surface area contributed by atoms with Crippen LogP contribution >= 0.6 is 15.9 Å². The first-order valence-electron chi connectivity index (χ1n) is 6.98. The van der Waals surface area contributed by atoms with Crippen LogP contribution in [0.2, 0.25) is 0 Å². The van der Waals surface area contributed by atoms with Crippen LogP contribution in [0.4, 0.5) is 0 Å². The fourth-order valence-corrected chi connectivity index (χ4v) is 2.66.